The number of halogens is 3. The van der Waals surface area contributed by atoms with Gasteiger partial charge in [-0.15, -0.1) is 0 Å². The summed E-state index contributed by atoms with van der Waals surface area (Å²) < 4.78 is 39.7. The van der Waals surface area contributed by atoms with Gasteiger partial charge >= 0.3 is 0 Å². The number of amides is 1. The van der Waals surface area contributed by atoms with Crippen LogP contribution in [-0.4, -0.2) is 42.3 Å². The molecule has 0 fully saturated rings. The molecule has 4 rings (SSSR count). The Morgan fingerprint density at radius 3 is 2.65 bits per heavy atom. The number of rotatable bonds is 11. The lowest BCUT2D eigenvalue weighted by Gasteiger charge is -2.24. The summed E-state index contributed by atoms with van der Waals surface area (Å²) in [6, 6.07) is 17.7. The summed E-state index contributed by atoms with van der Waals surface area (Å²) in [5, 5.41) is 8.90. The van der Waals surface area contributed by atoms with E-state index < -0.39 is 23.1 Å². The van der Waals surface area contributed by atoms with Gasteiger partial charge in [-0.1, -0.05) is 34.1 Å². The SMILES string of the molecule is O=C(NNCc1cc(F)ccc1F)[C@]1(Cc2ccccc2Br)COC(c2ccc(OCCCO)cc2)=N1. The maximum absolute atomic E-state index is 14.0. The molecule has 3 aromatic rings. The van der Waals surface area contributed by atoms with E-state index in [2.05, 4.69) is 26.8 Å². The van der Waals surface area contributed by atoms with Gasteiger partial charge in [-0.2, -0.15) is 0 Å². The molecule has 1 amide bonds. The molecule has 37 heavy (non-hydrogen) atoms. The second-order valence-corrected chi connectivity index (χ2v) is 9.35. The number of nitrogens with zero attached hydrogens (tertiary/aromatic N) is 1. The first-order valence-corrected chi connectivity index (χ1v) is 12.5. The van der Waals surface area contributed by atoms with Crippen molar-refractivity contribution >= 4 is 27.7 Å². The third-order valence-corrected chi connectivity index (χ3v) is 6.56. The molecule has 0 saturated carbocycles. The summed E-state index contributed by atoms with van der Waals surface area (Å²) >= 11 is 3.53. The number of carbonyl (C=O) groups is 1. The number of ether oxygens (including phenoxy) is 2. The van der Waals surface area contributed by atoms with Crippen molar-refractivity contribution < 1.29 is 28.2 Å². The van der Waals surface area contributed by atoms with Gasteiger partial charge in [0.25, 0.3) is 5.91 Å². The Balaban J connectivity index is 1.53. The summed E-state index contributed by atoms with van der Waals surface area (Å²) in [4.78, 5) is 18.1. The van der Waals surface area contributed by atoms with Crippen LogP contribution in [0.25, 0.3) is 0 Å². The quantitative estimate of drug-likeness (QED) is 0.237. The van der Waals surface area contributed by atoms with Crippen molar-refractivity contribution in [2.45, 2.75) is 24.9 Å². The van der Waals surface area contributed by atoms with Crippen LogP contribution in [0.4, 0.5) is 8.78 Å². The Labute approximate surface area is 221 Å². The largest absolute Gasteiger partial charge is 0.494 e. The molecule has 0 bridgehead atoms. The minimum absolute atomic E-state index is 0.0136. The highest BCUT2D eigenvalue weighted by Crippen LogP contribution is 2.30. The van der Waals surface area contributed by atoms with Crippen molar-refractivity contribution in [3.63, 3.8) is 0 Å². The van der Waals surface area contributed by atoms with E-state index in [0.29, 0.717) is 30.2 Å². The van der Waals surface area contributed by atoms with Crippen molar-refractivity contribution in [2.24, 2.45) is 4.99 Å². The lowest BCUT2D eigenvalue weighted by atomic mass is 9.91. The normalized spacial score (nSPS) is 16.7. The van der Waals surface area contributed by atoms with Gasteiger partial charge in [-0.25, -0.2) is 19.2 Å². The van der Waals surface area contributed by atoms with Crippen LogP contribution in [0.5, 0.6) is 5.75 Å². The summed E-state index contributed by atoms with van der Waals surface area (Å²) in [6.45, 7) is 0.321. The molecule has 7 nitrogen and oxygen atoms in total. The van der Waals surface area contributed by atoms with Crippen LogP contribution in [0.2, 0.25) is 0 Å². The van der Waals surface area contributed by atoms with E-state index in [1.165, 1.54) is 0 Å². The zero-order chi connectivity index (χ0) is 26.3. The third kappa shape index (κ3) is 6.71. The minimum atomic E-state index is -1.30. The molecule has 1 heterocycles. The lowest BCUT2D eigenvalue weighted by molar-refractivity contribution is -0.127. The van der Waals surface area contributed by atoms with Crippen LogP contribution in [0.1, 0.15) is 23.1 Å². The van der Waals surface area contributed by atoms with Crippen molar-refractivity contribution in [3.05, 3.63) is 99.5 Å². The van der Waals surface area contributed by atoms with Gasteiger partial charge in [0.2, 0.25) is 5.90 Å². The van der Waals surface area contributed by atoms with Crippen LogP contribution < -0.4 is 15.6 Å². The molecule has 3 aromatic carbocycles. The molecule has 0 spiro atoms. The average molecular weight is 574 g/mol. The Bertz CT molecular complexity index is 1270. The standard InChI is InChI=1S/C27H26BrF2N3O4/c28-23-5-2-1-4-19(23)15-27(26(35)33-31-16-20-14-21(29)8-11-24(20)30)17-37-25(32-27)18-6-9-22(10-7-18)36-13-3-12-34/h1-2,4-11,14,31,34H,3,12-13,15-17H2,(H,33,35)/t27-/m0/s1. The van der Waals surface area contributed by atoms with Crippen LogP contribution in [0.15, 0.2) is 76.2 Å². The molecular weight excluding hydrogens is 548 g/mol. The predicted molar refractivity (Wildman–Crippen MR) is 138 cm³/mol. The number of hydrogen-bond donors (Lipinski definition) is 3. The van der Waals surface area contributed by atoms with Crippen LogP contribution >= 0.6 is 15.9 Å². The summed E-state index contributed by atoms with van der Waals surface area (Å²) in [5.41, 5.74) is 5.57. The summed E-state index contributed by atoms with van der Waals surface area (Å²) in [7, 11) is 0. The topological polar surface area (TPSA) is 92.2 Å². The Morgan fingerprint density at radius 2 is 1.89 bits per heavy atom. The van der Waals surface area contributed by atoms with Crippen molar-refractivity contribution in [1.29, 1.82) is 0 Å². The van der Waals surface area contributed by atoms with Crippen LogP contribution in [0.3, 0.4) is 0 Å². The first kappa shape index (κ1) is 26.7. The maximum atomic E-state index is 14.0. The van der Waals surface area contributed by atoms with Crippen LogP contribution in [0, 0.1) is 11.6 Å². The first-order valence-electron chi connectivity index (χ1n) is 11.7. The van der Waals surface area contributed by atoms with E-state index in [-0.39, 0.29) is 31.7 Å². The molecule has 0 radical (unpaired) electrons. The number of nitrogens with one attached hydrogen (secondary N) is 2. The van der Waals surface area contributed by atoms with Gasteiger partial charge in [-0.05, 0) is 54.1 Å². The monoisotopic (exact) mass is 573 g/mol. The van der Waals surface area contributed by atoms with Gasteiger partial charge < -0.3 is 14.6 Å². The molecule has 1 atom stereocenters. The molecular formula is C27H26BrF2N3O4. The number of aliphatic hydroxyl groups is 1. The number of carbonyl (C=O) groups excluding carboxylic acids is 1. The zero-order valence-corrected chi connectivity index (χ0v) is 21.4. The number of benzene rings is 3. The maximum Gasteiger partial charge on any atom is 0.266 e. The van der Waals surface area contributed by atoms with Gasteiger partial charge in [-0.3, -0.25) is 10.2 Å². The second kappa shape index (κ2) is 12.3. The molecule has 0 aliphatic carbocycles. The number of hydrazine groups is 1. The minimum Gasteiger partial charge on any atom is -0.494 e. The number of aliphatic imine (C=N–C) groups is 1. The lowest BCUT2D eigenvalue weighted by Crippen LogP contribution is -2.52. The fourth-order valence-corrected chi connectivity index (χ4v) is 4.23. The van der Waals surface area contributed by atoms with Gasteiger partial charge in [0.1, 0.15) is 24.0 Å². The molecule has 0 aromatic heterocycles. The third-order valence-electron chi connectivity index (χ3n) is 5.79. The molecule has 10 heteroatoms. The highest BCUT2D eigenvalue weighted by Gasteiger charge is 2.45. The highest BCUT2D eigenvalue weighted by molar-refractivity contribution is 9.10. The van der Waals surface area contributed by atoms with E-state index >= 15 is 0 Å². The van der Waals surface area contributed by atoms with E-state index in [1.54, 1.807) is 24.3 Å². The van der Waals surface area contributed by atoms with Crippen molar-refractivity contribution in [3.8, 4) is 5.75 Å². The highest BCUT2D eigenvalue weighted by atomic mass is 79.9. The average Bonchev–Trinajstić information content (AvgIpc) is 3.33. The fourth-order valence-electron chi connectivity index (χ4n) is 3.80. The molecule has 194 valence electrons. The fraction of sp³-hybridized carbons (Fsp3) is 0.259. The smallest absolute Gasteiger partial charge is 0.266 e. The number of hydrogen-bond acceptors (Lipinski definition) is 6. The van der Waals surface area contributed by atoms with Crippen molar-refractivity contribution in [1.82, 2.24) is 10.9 Å². The van der Waals surface area contributed by atoms with E-state index in [9.17, 15) is 13.6 Å². The van der Waals surface area contributed by atoms with E-state index in [1.807, 2.05) is 24.3 Å². The Kier molecular flexibility index (Phi) is 8.86. The Morgan fingerprint density at radius 1 is 1.11 bits per heavy atom. The van der Waals surface area contributed by atoms with Gasteiger partial charge in [0.05, 0.1) is 6.61 Å². The summed E-state index contributed by atoms with van der Waals surface area (Å²) in [5.74, 6) is -0.682. The van der Waals surface area contributed by atoms with E-state index in [0.717, 1.165) is 28.2 Å². The number of aliphatic hydroxyl groups excluding tert-OH is 1. The van der Waals surface area contributed by atoms with Gasteiger partial charge in [0.15, 0.2) is 5.54 Å². The second-order valence-electron chi connectivity index (χ2n) is 8.50. The van der Waals surface area contributed by atoms with Crippen molar-refractivity contribution in [2.75, 3.05) is 19.8 Å². The molecule has 0 unspecified atom stereocenters. The van der Waals surface area contributed by atoms with Crippen LogP contribution in [-0.2, 0) is 22.5 Å². The van der Waals surface area contributed by atoms with E-state index in [4.69, 9.17) is 19.6 Å². The zero-order valence-electron chi connectivity index (χ0n) is 19.8. The first-order chi connectivity index (χ1) is 17.9. The predicted octanol–water partition coefficient (Wildman–Crippen LogP) is 4.07. The Hall–Kier alpha value is -3.34. The molecule has 1 aliphatic heterocycles. The molecule has 3 N–H and O–H groups in total. The summed E-state index contributed by atoms with van der Waals surface area (Å²) in [6.07, 6.45) is 0.770. The molecule has 0 saturated heterocycles. The molecule has 1 aliphatic rings. The van der Waals surface area contributed by atoms with Gasteiger partial charge in [0, 0.05) is 41.6 Å².